The number of hydrogen-bond acceptors (Lipinski definition) is 4. The zero-order valence-corrected chi connectivity index (χ0v) is 20.8. The molecule has 8 heteroatoms. The molecule has 0 saturated carbocycles. The van der Waals surface area contributed by atoms with E-state index in [2.05, 4.69) is 5.32 Å². The lowest BCUT2D eigenvalue weighted by atomic mass is 10.1. The van der Waals surface area contributed by atoms with Crippen molar-refractivity contribution < 1.29 is 18.0 Å². The number of amides is 2. The molecule has 0 aromatic heterocycles. The number of hydrogen-bond donors (Lipinski definition) is 1. The van der Waals surface area contributed by atoms with Crippen LogP contribution in [-0.4, -0.2) is 50.5 Å². The van der Waals surface area contributed by atoms with Gasteiger partial charge in [0.15, 0.2) is 0 Å². The molecule has 0 aliphatic heterocycles. The molecule has 33 heavy (non-hydrogen) atoms. The van der Waals surface area contributed by atoms with Crippen molar-refractivity contribution in [1.29, 1.82) is 0 Å². The number of benzene rings is 2. The van der Waals surface area contributed by atoms with Gasteiger partial charge in [0.25, 0.3) is 0 Å². The zero-order valence-electron chi connectivity index (χ0n) is 20.0. The minimum atomic E-state index is -3.50. The van der Waals surface area contributed by atoms with Crippen molar-refractivity contribution in [2.45, 2.75) is 52.6 Å². The SMILES string of the molecule is CCNC(=O)C(CC)N(Cc1ccccc1)C(=O)CCCN(c1cccc(C)c1)S(C)(=O)=O. The number of carbonyl (C=O) groups is 2. The van der Waals surface area contributed by atoms with Gasteiger partial charge < -0.3 is 10.2 Å². The van der Waals surface area contributed by atoms with E-state index in [9.17, 15) is 18.0 Å². The van der Waals surface area contributed by atoms with Gasteiger partial charge in [0.05, 0.1) is 11.9 Å². The molecule has 1 N–H and O–H groups in total. The Morgan fingerprint density at radius 3 is 2.30 bits per heavy atom. The van der Waals surface area contributed by atoms with Gasteiger partial charge in [-0.25, -0.2) is 8.42 Å². The molecule has 0 spiro atoms. The van der Waals surface area contributed by atoms with E-state index in [1.54, 1.807) is 11.0 Å². The zero-order chi connectivity index (χ0) is 24.4. The van der Waals surface area contributed by atoms with Crippen molar-refractivity contribution in [3.05, 3.63) is 65.7 Å². The van der Waals surface area contributed by atoms with E-state index in [1.807, 2.05) is 69.3 Å². The number of nitrogens with one attached hydrogen (secondary N) is 1. The molecule has 0 bridgehead atoms. The van der Waals surface area contributed by atoms with Gasteiger partial charge in [-0.2, -0.15) is 0 Å². The molecule has 180 valence electrons. The standard InChI is InChI=1S/C25H35N3O4S/c1-5-23(25(30)26-6-2)27(19-21-13-8-7-9-14-21)24(29)16-11-17-28(33(4,31)32)22-15-10-12-20(3)18-22/h7-10,12-15,18,23H,5-6,11,16-17,19H2,1-4H3,(H,26,30). The Hall–Kier alpha value is -2.87. The smallest absolute Gasteiger partial charge is 0.242 e. The normalized spacial score (nSPS) is 12.1. The van der Waals surface area contributed by atoms with Crippen molar-refractivity contribution in [2.24, 2.45) is 0 Å². The monoisotopic (exact) mass is 473 g/mol. The second-order valence-electron chi connectivity index (χ2n) is 8.10. The van der Waals surface area contributed by atoms with Crippen LogP contribution in [0.4, 0.5) is 5.69 Å². The van der Waals surface area contributed by atoms with Crippen LogP contribution in [0.5, 0.6) is 0 Å². The molecule has 0 radical (unpaired) electrons. The summed E-state index contributed by atoms with van der Waals surface area (Å²) in [5.41, 5.74) is 2.48. The summed E-state index contributed by atoms with van der Waals surface area (Å²) in [5, 5.41) is 2.82. The maximum absolute atomic E-state index is 13.3. The number of rotatable bonds is 12. The number of anilines is 1. The fourth-order valence-corrected chi connectivity index (χ4v) is 4.74. The first kappa shape index (κ1) is 26.4. The predicted molar refractivity (Wildman–Crippen MR) is 132 cm³/mol. The van der Waals surface area contributed by atoms with E-state index in [4.69, 9.17) is 0 Å². The van der Waals surface area contributed by atoms with Crippen LogP contribution in [0.15, 0.2) is 54.6 Å². The maximum Gasteiger partial charge on any atom is 0.242 e. The first-order valence-electron chi connectivity index (χ1n) is 11.3. The third kappa shape index (κ3) is 7.89. The van der Waals surface area contributed by atoms with Crippen LogP contribution in [0.25, 0.3) is 0 Å². The second kappa shape index (κ2) is 12.4. The Morgan fingerprint density at radius 1 is 1.03 bits per heavy atom. The molecule has 2 amide bonds. The quantitative estimate of drug-likeness (QED) is 0.511. The van der Waals surface area contributed by atoms with Crippen LogP contribution in [0, 0.1) is 6.92 Å². The molecule has 2 aromatic rings. The molecule has 0 fully saturated rings. The molecule has 0 aliphatic rings. The Morgan fingerprint density at radius 2 is 1.73 bits per heavy atom. The summed E-state index contributed by atoms with van der Waals surface area (Å²) in [7, 11) is -3.50. The van der Waals surface area contributed by atoms with E-state index >= 15 is 0 Å². The first-order chi connectivity index (χ1) is 15.7. The molecule has 0 saturated heterocycles. The first-order valence-corrected chi connectivity index (χ1v) is 13.2. The van der Waals surface area contributed by atoms with Crippen molar-refractivity contribution in [2.75, 3.05) is 23.7 Å². The molecule has 2 aromatic carbocycles. The molecular weight excluding hydrogens is 438 g/mol. The largest absolute Gasteiger partial charge is 0.355 e. The summed E-state index contributed by atoms with van der Waals surface area (Å²) in [6.07, 6.45) is 2.14. The Bertz CT molecular complexity index is 1020. The lowest BCUT2D eigenvalue weighted by Gasteiger charge is -2.31. The van der Waals surface area contributed by atoms with Gasteiger partial charge in [0.2, 0.25) is 21.8 Å². The minimum absolute atomic E-state index is 0.139. The highest BCUT2D eigenvalue weighted by atomic mass is 32.2. The van der Waals surface area contributed by atoms with E-state index in [1.165, 1.54) is 10.6 Å². The van der Waals surface area contributed by atoms with Gasteiger partial charge in [-0.1, -0.05) is 49.4 Å². The van der Waals surface area contributed by atoms with Gasteiger partial charge >= 0.3 is 0 Å². The topological polar surface area (TPSA) is 86.8 Å². The van der Waals surface area contributed by atoms with Crippen molar-refractivity contribution in [3.8, 4) is 0 Å². The molecule has 2 rings (SSSR count). The number of carbonyl (C=O) groups excluding carboxylic acids is 2. The fourth-order valence-electron chi connectivity index (χ4n) is 3.78. The maximum atomic E-state index is 13.3. The summed E-state index contributed by atoms with van der Waals surface area (Å²) in [6.45, 7) is 6.63. The average molecular weight is 474 g/mol. The van der Waals surface area contributed by atoms with Crippen LogP contribution < -0.4 is 9.62 Å². The highest BCUT2D eigenvalue weighted by Crippen LogP contribution is 2.20. The third-order valence-electron chi connectivity index (χ3n) is 5.37. The van der Waals surface area contributed by atoms with Crippen LogP contribution in [-0.2, 0) is 26.2 Å². The molecule has 7 nitrogen and oxygen atoms in total. The fraction of sp³-hybridized carbons (Fsp3) is 0.440. The third-order valence-corrected chi connectivity index (χ3v) is 6.57. The second-order valence-corrected chi connectivity index (χ2v) is 10.0. The van der Waals surface area contributed by atoms with Crippen LogP contribution in [0.2, 0.25) is 0 Å². The number of nitrogens with zero attached hydrogens (tertiary/aromatic N) is 2. The van der Waals surface area contributed by atoms with Crippen LogP contribution in [0.3, 0.4) is 0 Å². The van der Waals surface area contributed by atoms with Crippen molar-refractivity contribution in [3.63, 3.8) is 0 Å². The summed E-state index contributed by atoms with van der Waals surface area (Å²) in [4.78, 5) is 27.5. The van der Waals surface area contributed by atoms with Gasteiger partial charge in [-0.15, -0.1) is 0 Å². The summed E-state index contributed by atoms with van der Waals surface area (Å²) in [6, 6.07) is 16.2. The van der Waals surface area contributed by atoms with Gasteiger partial charge in [0, 0.05) is 26.1 Å². The van der Waals surface area contributed by atoms with Crippen molar-refractivity contribution in [1.82, 2.24) is 10.2 Å². The average Bonchev–Trinajstić information content (AvgIpc) is 2.76. The summed E-state index contributed by atoms with van der Waals surface area (Å²) in [5.74, 6) is -0.351. The van der Waals surface area contributed by atoms with E-state index < -0.39 is 16.1 Å². The van der Waals surface area contributed by atoms with Crippen LogP contribution in [0.1, 0.15) is 44.2 Å². The molecule has 1 unspecified atom stereocenters. The highest BCUT2D eigenvalue weighted by molar-refractivity contribution is 7.92. The minimum Gasteiger partial charge on any atom is -0.355 e. The Kier molecular flexibility index (Phi) is 9.91. The van der Waals surface area contributed by atoms with Gasteiger partial charge in [-0.3, -0.25) is 13.9 Å². The molecular formula is C25H35N3O4S. The van der Waals surface area contributed by atoms with E-state index in [-0.39, 0.29) is 24.8 Å². The lowest BCUT2D eigenvalue weighted by Crippen LogP contribution is -2.49. The Balaban J connectivity index is 2.17. The number of likely N-dealkylation sites (N-methyl/N-ethyl adjacent to an activating group) is 1. The Labute approximate surface area is 197 Å². The molecule has 0 heterocycles. The lowest BCUT2D eigenvalue weighted by molar-refractivity contribution is -0.141. The van der Waals surface area contributed by atoms with Gasteiger partial charge in [0.1, 0.15) is 6.04 Å². The highest BCUT2D eigenvalue weighted by Gasteiger charge is 2.28. The summed E-state index contributed by atoms with van der Waals surface area (Å²) < 4.78 is 26.1. The van der Waals surface area contributed by atoms with Crippen LogP contribution >= 0.6 is 0 Å². The van der Waals surface area contributed by atoms with Crippen molar-refractivity contribution >= 4 is 27.5 Å². The number of sulfonamides is 1. The summed E-state index contributed by atoms with van der Waals surface area (Å²) >= 11 is 0. The van der Waals surface area contributed by atoms with E-state index in [0.29, 0.717) is 31.6 Å². The van der Waals surface area contributed by atoms with Gasteiger partial charge in [-0.05, 0) is 49.9 Å². The molecule has 1 atom stereocenters. The number of aryl methyl sites for hydroxylation is 1. The predicted octanol–water partition coefficient (Wildman–Crippen LogP) is 3.48. The van der Waals surface area contributed by atoms with E-state index in [0.717, 1.165) is 11.1 Å². The molecule has 0 aliphatic carbocycles.